The third kappa shape index (κ3) is 4.35. The van der Waals surface area contributed by atoms with Crippen molar-refractivity contribution in [1.29, 1.82) is 0 Å². The highest BCUT2D eigenvalue weighted by Crippen LogP contribution is 2.16. The lowest BCUT2D eigenvalue weighted by atomic mass is 9.97. The van der Waals surface area contributed by atoms with Gasteiger partial charge in [-0.25, -0.2) is 0 Å². The summed E-state index contributed by atoms with van der Waals surface area (Å²) in [5.74, 6) is 0.111. The highest BCUT2D eigenvalue weighted by molar-refractivity contribution is 5.81. The van der Waals surface area contributed by atoms with Gasteiger partial charge in [0.2, 0.25) is 5.91 Å². The fourth-order valence-electron chi connectivity index (χ4n) is 2.34. The number of benzene rings is 1. The van der Waals surface area contributed by atoms with E-state index in [9.17, 15) is 4.79 Å². The summed E-state index contributed by atoms with van der Waals surface area (Å²) >= 11 is 0. The Morgan fingerprint density at radius 3 is 2.21 bits per heavy atom. The lowest BCUT2D eigenvalue weighted by Crippen LogP contribution is -2.44. The van der Waals surface area contributed by atoms with Gasteiger partial charge in [0.05, 0.1) is 6.04 Å². The molecular formula is C16H26N2O. The first-order valence-corrected chi connectivity index (χ1v) is 6.93. The number of carbonyl (C=O) groups excluding carboxylic acids is 1. The van der Waals surface area contributed by atoms with E-state index >= 15 is 0 Å². The number of carbonyl (C=O) groups is 1. The van der Waals surface area contributed by atoms with Crippen LogP contribution in [0.25, 0.3) is 0 Å². The predicted molar refractivity (Wildman–Crippen MR) is 80.2 cm³/mol. The quantitative estimate of drug-likeness (QED) is 0.855. The number of amides is 1. The molecule has 0 fully saturated rings. The highest BCUT2D eigenvalue weighted by Gasteiger charge is 2.16. The minimum atomic E-state index is -0.416. The molecule has 1 atom stereocenters. The van der Waals surface area contributed by atoms with E-state index in [0.717, 1.165) is 6.42 Å². The van der Waals surface area contributed by atoms with Gasteiger partial charge >= 0.3 is 0 Å². The Kier molecular flexibility index (Phi) is 5.55. The third-order valence-electron chi connectivity index (χ3n) is 3.54. The van der Waals surface area contributed by atoms with Crippen LogP contribution in [0.2, 0.25) is 0 Å². The van der Waals surface area contributed by atoms with Crippen molar-refractivity contribution in [3.63, 3.8) is 0 Å². The van der Waals surface area contributed by atoms with E-state index in [-0.39, 0.29) is 11.8 Å². The Labute approximate surface area is 116 Å². The Bertz CT molecular complexity index is 429. The Balaban J connectivity index is 2.57. The van der Waals surface area contributed by atoms with E-state index in [1.54, 1.807) is 0 Å². The summed E-state index contributed by atoms with van der Waals surface area (Å²) in [6.45, 7) is 10.9. The molecule has 0 saturated carbocycles. The van der Waals surface area contributed by atoms with Crippen molar-refractivity contribution in [2.24, 2.45) is 11.7 Å². The zero-order valence-electron chi connectivity index (χ0n) is 12.7. The van der Waals surface area contributed by atoms with Crippen molar-refractivity contribution in [2.75, 3.05) is 6.54 Å². The summed E-state index contributed by atoms with van der Waals surface area (Å²) in [6.07, 6.45) is 0.856. The molecule has 0 aromatic heterocycles. The summed E-state index contributed by atoms with van der Waals surface area (Å²) in [7, 11) is 0. The van der Waals surface area contributed by atoms with Crippen LogP contribution in [0, 0.1) is 26.7 Å². The molecule has 19 heavy (non-hydrogen) atoms. The Morgan fingerprint density at radius 1 is 1.21 bits per heavy atom. The van der Waals surface area contributed by atoms with Gasteiger partial charge in [0, 0.05) is 6.54 Å². The maximum Gasteiger partial charge on any atom is 0.237 e. The van der Waals surface area contributed by atoms with Crippen molar-refractivity contribution in [3.8, 4) is 0 Å². The molecule has 3 N–H and O–H groups in total. The van der Waals surface area contributed by atoms with Gasteiger partial charge in [-0.3, -0.25) is 4.79 Å². The fraction of sp³-hybridized carbons (Fsp3) is 0.562. The largest absolute Gasteiger partial charge is 0.354 e. The first-order valence-electron chi connectivity index (χ1n) is 6.93. The van der Waals surface area contributed by atoms with Crippen LogP contribution in [0.15, 0.2) is 12.1 Å². The van der Waals surface area contributed by atoms with Crippen LogP contribution in [0.5, 0.6) is 0 Å². The second-order valence-corrected chi connectivity index (χ2v) is 5.69. The van der Waals surface area contributed by atoms with Gasteiger partial charge in [-0.05, 0) is 49.8 Å². The Hall–Kier alpha value is -1.35. The van der Waals surface area contributed by atoms with Gasteiger partial charge in [0.15, 0.2) is 0 Å². The van der Waals surface area contributed by atoms with Crippen LogP contribution in [0.3, 0.4) is 0 Å². The van der Waals surface area contributed by atoms with Crippen molar-refractivity contribution in [3.05, 3.63) is 34.4 Å². The molecule has 3 nitrogen and oxygen atoms in total. The minimum Gasteiger partial charge on any atom is -0.354 e. The molecule has 1 amide bonds. The van der Waals surface area contributed by atoms with E-state index in [2.05, 4.69) is 38.2 Å². The predicted octanol–water partition coefficient (Wildman–Crippen LogP) is 2.25. The highest BCUT2D eigenvalue weighted by atomic mass is 16.2. The summed E-state index contributed by atoms with van der Waals surface area (Å²) < 4.78 is 0. The molecular weight excluding hydrogens is 236 g/mol. The zero-order valence-corrected chi connectivity index (χ0v) is 12.7. The van der Waals surface area contributed by atoms with E-state index < -0.39 is 6.04 Å². The van der Waals surface area contributed by atoms with Gasteiger partial charge in [0.1, 0.15) is 0 Å². The Morgan fingerprint density at radius 2 is 1.74 bits per heavy atom. The van der Waals surface area contributed by atoms with Crippen molar-refractivity contribution >= 4 is 5.91 Å². The second kappa shape index (κ2) is 6.71. The second-order valence-electron chi connectivity index (χ2n) is 5.69. The maximum absolute atomic E-state index is 11.8. The zero-order chi connectivity index (χ0) is 14.6. The van der Waals surface area contributed by atoms with Crippen LogP contribution in [-0.2, 0) is 11.2 Å². The smallest absolute Gasteiger partial charge is 0.237 e. The number of aryl methyl sites for hydroxylation is 3. The van der Waals surface area contributed by atoms with Crippen molar-refractivity contribution in [1.82, 2.24) is 5.32 Å². The number of hydrogen-bond donors (Lipinski definition) is 2. The molecule has 0 radical (unpaired) electrons. The SMILES string of the molecule is Cc1cc(C)c(CCNC(=O)[C@@H](N)C(C)C)c(C)c1. The summed E-state index contributed by atoms with van der Waals surface area (Å²) in [5.41, 5.74) is 11.0. The molecule has 0 aliphatic carbocycles. The fourth-order valence-corrected chi connectivity index (χ4v) is 2.34. The van der Waals surface area contributed by atoms with E-state index in [0.29, 0.717) is 6.54 Å². The average Bonchev–Trinajstić information content (AvgIpc) is 2.30. The molecule has 1 aromatic carbocycles. The van der Waals surface area contributed by atoms with Crippen LogP contribution >= 0.6 is 0 Å². The van der Waals surface area contributed by atoms with Gasteiger partial charge in [-0.15, -0.1) is 0 Å². The summed E-state index contributed by atoms with van der Waals surface area (Å²) in [6, 6.07) is 3.95. The topological polar surface area (TPSA) is 55.1 Å². The van der Waals surface area contributed by atoms with Crippen molar-refractivity contribution in [2.45, 2.75) is 47.1 Å². The molecule has 3 heteroatoms. The van der Waals surface area contributed by atoms with E-state index in [1.807, 2.05) is 13.8 Å². The first kappa shape index (κ1) is 15.7. The molecule has 106 valence electrons. The monoisotopic (exact) mass is 262 g/mol. The van der Waals surface area contributed by atoms with Crippen LogP contribution < -0.4 is 11.1 Å². The first-order chi connectivity index (χ1) is 8.82. The number of nitrogens with one attached hydrogen (secondary N) is 1. The van der Waals surface area contributed by atoms with Crippen molar-refractivity contribution < 1.29 is 4.79 Å². The standard InChI is InChI=1S/C16H26N2O/c1-10(2)15(17)16(19)18-7-6-14-12(4)8-11(3)9-13(14)5/h8-10,15H,6-7,17H2,1-5H3,(H,18,19)/t15-/m0/s1. The number of rotatable bonds is 5. The molecule has 1 aromatic rings. The van der Waals surface area contributed by atoms with Gasteiger partial charge in [0.25, 0.3) is 0 Å². The summed E-state index contributed by atoms with van der Waals surface area (Å²) in [4.78, 5) is 11.8. The molecule has 0 heterocycles. The van der Waals surface area contributed by atoms with Gasteiger partial charge < -0.3 is 11.1 Å². The maximum atomic E-state index is 11.8. The van der Waals surface area contributed by atoms with Gasteiger partial charge in [-0.1, -0.05) is 31.5 Å². The molecule has 0 unspecified atom stereocenters. The number of nitrogens with two attached hydrogens (primary N) is 1. The van der Waals surface area contributed by atoms with E-state index in [1.165, 1.54) is 22.3 Å². The van der Waals surface area contributed by atoms with Crippen LogP contribution in [0.1, 0.15) is 36.1 Å². The summed E-state index contributed by atoms with van der Waals surface area (Å²) in [5, 5.41) is 2.92. The molecule has 0 spiro atoms. The minimum absolute atomic E-state index is 0.0579. The molecule has 0 aliphatic rings. The molecule has 1 rings (SSSR count). The van der Waals surface area contributed by atoms with Crippen LogP contribution in [-0.4, -0.2) is 18.5 Å². The molecule has 0 bridgehead atoms. The molecule has 0 aliphatic heterocycles. The van der Waals surface area contributed by atoms with Crippen LogP contribution in [0.4, 0.5) is 0 Å². The average molecular weight is 262 g/mol. The lowest BCUT2D eigenvalue weighted by molar-refractivity contribution is -0.123. The number of hydrogen-bond acceptors (Lipinski definition) is 2. The molecule has 0 saturated heterocycles. The third-order valence-corrected chi connectivity index (χ3v) is 3.54. The van der Waals surface area contributed by atoms with E-state index in [4.69, 9.17) is 5.73 Å². The normalized spacial score (nSPS) is 12.6. The van der Waals surface area contributed by atoms with Gasteiger partial charge in [-0.2, -0.15) is 0 Å². The lowest BCUT2D eigenvalue weighted by Gasteiger charge is -2.16.